The molecule has 118 valence electrons. The summed E-state index contributed by atoms with van der Waals surface area (Å²) in [7, 11) is 0. The maximum atomic E-state index is 12.2. The molecule has 1 aliphatic rings. The van der Waals surface area contributed by atoms with Crippen LogP contribution in [0.4, 0.5) is 5.69 Å². The third kappa shape index (κ3) is 3.64. The van der Waals surface area contributed by atoms with E-state index in [1.54, 1.807) is 6.20 Å². The monoisotopic (exact) mass is 359 g/mol. The van der Waals surface area contributed by atoms with E-state index < -0.39 is 5.60 Å². The van der Waals surface area contributed by atoms with E-state index in [1.165, 1.54) is 4.68 Å². The molecule has 21 heavy (non-hydrogen) atoms. The lowest BCUT2D eigenvalue weighted by Gasteiger charge is -2.26. The van der Waals surface area contributed by atoms with Crippen LogP contribution in [0, 0.1) is 5.92 Å². The number of rotatable bonds is 5. The van der Waals surface area contributed by atoms with Gasteiger partial charge in [-0.3, -0.25) is 4.79 Å². The molecular weight excluding hydrogens is 338 g/mol. The Morgan fingerprint density at radius 3 is 2.95 bits per heavy atom. The zero-order valence-electron chi connectivity index (χ0n) is 12.6. The maximum Gasteiger partial charge on any atom is 0.283 e. The van der Waals surface area contributed by atoms with Gasteiger partial charge in [0.1, 0.15) is 10.1 Å². The number of halogens is 1. The smallest absolute Gasteiger partial charge is 0.283 e. The van der Waals surface area contributed by atoms with Crippen molar-refractivity contribution in [3.63, 3.8) is 0 Å². The van der Waals surface area contributed by atoms with Crippen molar-refractivity contribution in [3.8, 4) is 0 Å². The Morgan fingerprint density at radius 1 is 1.67 bits per heavy atom. The third-order valence-electron chi connectivity index (χ3n) is 3.77. The van der Waals surface area contributed by atoms with Crippen LogP contribution in [-0.2, 0) is 11.3 Å². The Balaban J connectivity index is 2.11. The van der Waals surface area contributed by atoms with Crippen molar-refractivity contribution in [1.82, 2.24) is 9.78 Å². The summed E-state index contributed by atoms with van der Waals surface area (Å²) in [5.74, 6) is 0.345. The molecule has 1 aliphatic heterocycles. The van der Waals surface area contributed by atoms with Crippen molar-refractivity contribution < 1.29 is 9.84 Å². The molecule has 0 spiro atoms. The first-order valence-corrected chi connectivity index (χ1v) is 7.96. The highest BCUT2D eigenvalue weighted by Gasteiger charge is 2.39. The van der Waals surface area contributed by atoms with Crippen molar-refractivity contribution in [2.24, 2.45) is 5.92 Å². The molecule has 1 fully saturated rings. The molecule has 1 aromatic heterocycles. The van der Waals surface area contributed by atoms with Gasteiger partial charge >= 0.3 is 0 Å². The van der Waals surface area contributed by atoms with Crippen molar-refractivity contribution in [1.29, 1.82) is 0 Å². The van der Waals surface area contributed by atoms with Gasteiger partial charge in [-0.05, 0) is 28.8 Å². The molecule has 0 radical (unpaired) electrons. The fraction of sp³-hybridized carbons (Fsp3) is 0.714. The van der Waals surface area contributed by atoms with E-state index in [-0.39, 0.29) is 11.7 Å². The van der Waals surface area contributed by atoms with Crippen LogP contribution in [0.5, 0.6) is 0 Å². The summed E-state index contributed by atoms with van der Waals surface area (Å²) in [6, 6.07) is 0. The molecule has 0 amide bonds. The lowest BCUT2D eigenvalue weighted by molar-refractivity contribution is -0.0176. The number of hydrogen-bond acceptors (Lipinski definition) is 5. The summed E-state index contributed by atoms with van der Waals surface area (Å²) in [5.41, 5.74) is -0.490. The normalized spacial score (nSPS) is 25.5. The van der Waals surface area contributed by atoms with E-state index >= 15 is 0 Å². The average Bonchev–Trinajstić information content (AvgIpc) is 2.74. The van der Waals surface area contributed by atoms with Crippen LogP contribution < -0.4 is 10.9 Å². The van der Waals surface area contributed by atoms with Crippen LogP contribution in [0.1, 0.15) is 27.2 Å². The van der Waals surface area contributed by atoms with Crippen molar-refractivity contribution in [2.75, 3.05) is 18.5 Å². The Kier molecular flexibility index (Phi) is 5.06. The molecule has 0 saturated carbocycles. The predicted molar refractivity (Wildman–Crippen MR) is 84.5 cm³/mol. The summed E-state index contributed by atoms with van der Waals surface area (Å²) in [5, 5.41) is 17.7. The molecule has 0 aromatic carbocycles. The van der Waals surface area contributed by atoms with Crippen LogP contribution >= 0.6 is 15.9 Å². The number of anilines is 1. The fourth-order valence-electron chi connectivity index (χ4n) is 2.32. The van der Waals surface area contributed by atoms with Crippen LogP contribution in [0.3, 0.4) is 0 Å². The molecular formula is C14H22BrN3O3. The Morgan fingerprint density at radius 2 is 2.38 bits per heavy atom. The highest BCUT2D eigenvalue weighted by Crippen LogP contribution is 2.27. The third-order valence-corrected chi connectivity index (χ3v) is 4.53. The van der Waals surface area contributed by atoms with Gasteiger partial charge in [-0.1, -0.05) is 13.8 Å². The van der Waals surface area contributed by atoms with Gasteiger partial charge in [0, 0.05) is 26.1 Å². The average molecular weight is 360 g/mol. The molecule has 1 saturated heterocycles. The molecule has 7 heteroatoms. The molecule has 2 atom stereocenters. The summed E-state index contributed by atoms with van der Waals surface area (Å²) >= 11 is 3.31. The zero-order chi connectivity index (χ0) is 15.6. The Bertz CT molecular complexity index is 561. The highest BCUT2D eigenvalue weighted by molar-refractivity contribution is 9.10. The van der Waals surface area contributed by atoms with E-state index in [0.717, 1.165) is 0 Å². The predicted octanol–water partition coefficient (Wildman–Crippen LogP) is 1.61. The Labute approximate surface area is 132 Å². The highest BCUT2D eigenvalue weighted by atomic mass is 79.9. The van der Waals surface area contributed by atoms with E-state index in [0.29, 0.717) is 42.2 Å². The molecule has 1 aromatic rings. The van der Waals surface area contributed by atoms with E-state index in [4.69, 9.17) is 4.74 Å². The SMILES string of the molecule is CC(C)Cn1ncc(NCC2(O)CCOC2C)c(Br)c1=O. The lowest BCUT2D eigenvalue weighted by Crippen LogP contribution is -2.43. The minimum absolute atomic E-state index is 0.170. The van der Waals surface area contributed by atoms with Crippen LogP contribution in [-0.4, -0.2) is 39.7 Å². The fourth-order valence-corrected chi connectivity index (χ4v) is 2.76. The second-order valence-electron chi connectivity index (χ2n) is 5.97. The number of aliphatic hydroxyl groups is 1. The van der Waals surface area contributed by atoms with Gasteiger partial charge < -0.3 is 15.2 Å². The summed E-state index contributed by atoms with van der Waals surface area (Å²) < 4.78 is 7.27. The molecule has 0 aliphatic carbocycles. The van der Waals surface area contributed by atoms with Crippen molar-refractivity contribution >= 4 is 21.6 Å². The first-order chi connectivity index (χ1) is 9.83. The summed E-state index contributed by atoms with van der Waals surface area (Å²) in [6.07, 6.45) is 1.96. The zero-order valence-corrected chi connectivity index (χ0v) is 14.2. The summed E-state index contributed by atoms with van der Waals surface area (Å²) in [6.45, 7) is 7.36. The van der Waals surface area contributed by atoms with Gasteiger partial charge in [-0.25, -0.2) is 4.68 Å². The molecule has 2 N–H and O–H groups in total. The van der Waals surface area contributed by atoms with Gasteiger partial charge in [0.25, 0.3) is 5.56 Å². The van der Waals surface area contributed by atoms with Gasteiger partial charge in [0.05, 0.1) is 18.0 Å². The molecule has 6 nitrogen and oxygen atoms in total. The minimum Gasteiger partial charge on any atom is -0.385 e. The topological polar surface area (TPSA) is 76.4 Å². The van der Waals surface area contributed by atoms with E-state index in [9.17, 15) is 9.90 Å². The van der Waals surface area contributed by atoms with Gasteiger partial charge in [0.15, 0.2) is 0 Å². The van der Waals surface area contributed by atoms with Crippen LogP contribution in [0.15, 0.2) is 15.5 Å². The van der Waals surface area contributed by atoms with Gasteiger partial charge in [-0.2, -0.15) is 5.10 Å². The number of hydrogen-bond donors (Lipinski definition) is 2. The maximum absolute atomic E-state index is 12.2. The first-order valence-electron chi connectivity index (χ1n) is 7.17. The molecule has 2 rings (SSSR count). The van der Waals surface area contributed by atoms with Crippen molar-refractivity contribution in [2.45, 2.75) is 45.4 Å². The Hall–Kier alpha value is -0.920. The number of nitrogens with one attached hydrogen (secondary N) is 1. The number of ether oxygens (including phenoxy) is 1. The van der Waals surface area contributed by atoms with Crippen LogP contribution in [0.2, 0.25) is 0 Å². The lowest BCUT2D eigenvalue weighted by atomic mass is 9.97. The second kappa shape index (κ2) is 6.46. The molecule has 0 bridgehead atoms. The molecule has 2 heterocycles. The second-order valence-corrected chi connectivity index (χ2v) is 6.77. The number of nitrogens with zero attached hydrogens (tertiary/aromatic N) is 2. The van der Waals surface area contributed by atoms with Gasteiger partial charge in [0.2, 0.25) is 0 Å². The van der Waals surface area contributed by atoms with Crippen LogP contribution in [0.25, 0.3) is 0 Å². The summed E-state index contributed by atoms with van der Waals surface area (Å²) in [4.78, 5) is 12.2. The van der Waals surface area contributed by atoms with Crippen molar-refractivity contribution in [3.05, 3.63) is 21.0 Å². The van der Waals surface area contributed by atoms with E-state index in [2.05, 4.69) is 26.3 Å². The standard InChI is InChI=1S/C14H22BrN3O3/c1-9(2)7-18-13(19)12(15)11(6-17-18)16-8-14(20)4-5-21-10(14)3/h6,9-10,16,20H,4-5,7-8H2,1-3H3. The first kappa shape index (κ1) is 16.5. The minimum atomic E-state index is -0.910. The van der Waals surface area contributed by atoms with Gasteiger partial charge in [-0.15, -0.1) is 0 Å². The largest absolute Gasteiger partial charge is 0.385 e. The quantitative estimate of drug-likeness (QED) is 0.835. The van der Waals surface area contributed by atoms with E-state index in [1.807, 2.05) is 20.8 Å². The molecule has 2 unspecified atom stereocenters. The number of aromatic nitrogens is 2.